The number of hydrogen-bond donors (Lipinski definition) is 2. The molecule has 1 aliphatic rings. The Morgan fingerprint density at radius 1 is 1.18 bits per heavy atom. The van der Waals surface area contributed by atoms with E-state index in [1.807, 2.05) is 0 Å². The van der Waals surface area contributed by atoms with Gasteiger partial charge >= 0.3 is 0 Å². The van der Waals surface area contributed by atoms with Crippen molar-refractivity contribution in [3.8, 4) is 11.8 Å². The maximum absolute atomic E-state index is 13.5. The van der Waals surface area contributed by atoms with E-state index in [1.165, 1.54) is 6.07 Å². The third-order valence-corrected chi connectivity index (χ3v) is 4.13. The maximum atomic E-state index is 13.5. The molecule has 1 aliphatic heterocycles. The average Bonchev–Trinajstić information content (AvgIpc) is 2.48. The van der Waals surface area contributed by atoms with Crippen LogP contribution in [0.25, 0.3) is 0 Å². The summed E-state index contributed by atoms with van der Waals surface area (Å²) in [5.74, 6) is -0.261. The van der Waals surface area contributed by atoms with Crippen molar-refractivity contribution in [1.82, 2.24) is 0 Å². The van der Waals surface area contributed by atoms with Gasteiger partial charge in [-0.2, -0.15) is 5.26 Å². The fourth-order valence-electron chi connectivity index (χ4n) is 2.51. The third kappa shape index (κ3) is 2.30. The molecule has 3 rings (SSSR count). The van der Waals surface area contributed by atoms with Crippen LogP contribution in [-0.2, 0) is 0 Å². The topological polar surface area (TPSA) is 85.1 Å². The summed E-state index contributed by atoms with van der Waals surface area (Å²) in [6.45, 7) is 0. The molecular formula is C16H11BrFN3O. The van der Waals surface area contributed by atoms with Gasteiger partial charge in [0.05, 0.1) is 10.4 Å². The first-order valence-electron chi connectivity index (χ1n) is 6.43. The summed E-state index contributed by atoms with van der Waals surface area (Å²) in [6.07, 6.45) is 0. The van der Waals surface area contributed by atoms with Crippen LogP contribution in [0.1, 0.15) is 17.0 Å². The van der Waals surface area contributed by atoms with E-state index >= 15 is 0 Å². The van der Waals surface area contributed by atoms with Gasteiger partial charge in [-0.1, -0.05) is 12.1 Å². The molecule has 0 spiro atoms. The number of halogens is 2. The van der Waals surface area contributed by atoms with Crippen LogP contribution in [0.4, 0.5) is 10.1 Å². The Morgan fingerprint density at radius 3 is 2.64 bits per heavy atom. The molecular weight excluding hydrogens is 349 g/mol. The second kappa shape index (κ2) is 5.35. The molecule has 2 aromatic carbocycles. The smallest absolute Gasteiger partial charge is 0.205 e. The zero-order chi connectivity index (χ0) is 15.9. The highest BCUT2D eigenvalue weighted by atomic mass is 79.9. The largest absolute Gasteiger partial charge is 0.440 e. The van der Waals surface area contributed by atoms with E-state index in [0.29, 0.717) is 15.9 Å². The molecule has 0 bridgehead atoms. The first-order chi connectivity index (χ1) is 10.5. The van der Waals surface area contributed by atoms with E-state index in [0.717, 1.165) is 11.1 Å². The zero-order valence-electron chi connectivity index (χ0n) is 11.3. The summed E-state index contributed by atoms with van der Waals surface area (Å²) in [6, 6.07) is 11.9. The van der Waals surface area contributed by atoms with Crippen molar-refractivity contribution in [2.45, 2.75) is 5.92 Å². The molecule has 1 atom stereocenters. The van der Waals surface area contributed by atoms with Crippen molar-refractivity contribution in [3.63, 3.8) is 0 Å². The minimum Gasteiger partial charge on any atom is -0.440 e. The number of ether oxygens (including phenoxy) is 1. The van der Waals surface area contributed by atoms with Gasteiger partial charge in [-0.25, -0.2) is 4.39 Å². The van der Waals surface area contributed by atoms with Gasteiger partial charge in [-0.15, -0.1) is 0 Å². The number of nitrogen functional groups attached to an aromatic ring is 1. The Labute approximate surface area is 134 Å². The third-order valence-electron chi connectivity index (χ3n) is 3.52. The predicted octanol–water partition coefficient (Wildman–Crippen LogP) is 3.39. The van der Waals surface area contributed by atoms with E-state index < -0.39 is 5.92 Å². The molecule has 0 saturated carbocycles. The Hall–Kier alpha value is -2.52. The predicted molar refractivity (Wildman–Crippen MR) is 84.3 cm³/mol. The first-order valence-corrected chi connectivity index (χ1v) is 7.22. The molecule has 110 valence electrons. The maximum Gasteiger partial charge on any atom is 0.205 e. The van der Waals surface area contributed by atoms with Gasteiger partial charge in [0.15, 0.2) is 0 Å². The van der Waals surface area contributed by atoms with Crippen LogP contribution in [0.15, 0.2) is 52.3 Å². The standard InChI is InChI=1S/C16H11BrFN3O/c17-12-5-8(1-4-13(12)18)15-10-3-2-9(20)6-14(10)22-16(21)11(15)7-19/h1-6,15H,20-21H2. The molecule has 1 heterocycles. The molecule has 6 heteroatoms. The van der Waals surface area contributed by atoms with Crippen molar-refractivity contribution in [3.05, 3.63) is 69.3 Å². The summed E-state index contributed by atoms with van der Waals surface area (Å²) in [7, 11) is 0. The summed E-state index contributed by atoms with van der Waals surface area (Å²) in [5, 5.41) is 9.42. The summed E-state index contributed by atoms with van der Waals surface area (Å²) in [4.78, 5) is 0. The zero-order valence-corrected chi connectivity index (χ0v) is 12.9. The lowest BCUT2D eigenvalue weighted by Gasteiger charge is -2.26. The van der Waals surface area contributed by atoms with E-state index in [1.54, 1.807) is 30.3 Å². The second-order valence-electron chi connectivity index (χ2n) is 4.90. The summed E-state index contributed by atoms with van der Waals surface area (Å²) in [5.41, 5.74) is 13.9. The minimum atomic E-state index is -0.425. The number of benzene rings is 2. The molecule has 1 unspecified atom stereocenters. The summed E-state index contributed by atoms with van der Waals surface area (Å²) < 4.78 is 19.3. The fourth-order valence-corrected chi connectivity index (χ4v) is 2.90. The molecule has 0 amide bonds. The van der Waals surface area contributed by atoms with E-state index in [2.05, 4.69) is 22.0 Å². The molecule has 0 fully saturated rings. The van der Waals surface area contributed by atoms with Crippen LogP contribution >= 0.6 is 15.9 Å². The molecule has 0 aliphatic carbocycles. The monoisotopic (exact) mass is 359 g/mol. The highest BCUT2D eigenvalue weighted by molar-refractivity contribution is 9.10. The van der Waals surface area contributed by atoms with Gasteiger partial charge in [0.2, 0.25) is 5.88 Å². The van der Waals surface area contributed by atoms with Crippen molar-refractivity contribution in [2.24, 2.45) is 5.73 Å². The average molecular weight is 360 g/mol. The highest BCUT2D eigenvalue weighted by Gasteiger charge is 2.30. The molecule has 4 nitrogen and oxygen atoms in total. The Balaban J connectivity index is 2.23. The van der Waals surface area contributed by atoms with Crippen molar-refractivity contribution in [2.75, 3.05) is 5.73 Å². The number of nitrogens with two attached hydrogens (primary N) is 2. The number of fused-ring (bicyclic) bond motifs is 1. The number of rotatable bonds is 1. The molecule has 0 saturated heterocycles. The van der Waals surface area contributed by atoms with Crippen molar-refractivity contribution in [1.29, 1.82) is 5.26 Å². The fraction of sp³-hybridized carbons (Fsp3) is 0.0625. The van der Waals surface area contributed by atoms with Gasteiger partial charge in [-0.3, -0.25) is 0 Å². The lowest BCUT2D eigenvalue weighted by Crippen LogP contribution is -2.21. The van der Waals surface area contributed by atoms with Gasteiger partial charge in [0.1, 0.15) is 23.2 Å². The number of anilines is 1. The molecule has 4 N–H and O–H groups in total. The minimum absolute atomic E-state index is 0.0334. The Kier molecular flexibility index (Phi) is 3.51. The Morgan fingerprint density at radius 2 is 1.95 bits per heavy atom. The van der Waals surface area contributed by atoms with Crippen LogP contribution < -0.4 is 16.2 Å². The van der Waals surface area contributed by atoms with Crippen LogP contribution in [0.5, 0.6) is 5.75 Å². The number of nitriles is 1. The van der Waals surface area contributed by atoms with Crippen LogP contribution in [-0.4, -0.2) is 0 Å². The quantitative estimate of drug-likeness (QED) is 0.764. The highest BCUT2D eigenvalue weighted by Crippen LogP contribution is 2.43. The number of hydrogen-bond acceptors (Lipinski definition) is 4. The van der Waals surface area contributed by atoms with Crippen molar-refractivity contribution >= 4 is 21.6 Å². The summed E-state index contributed by atoms with van der Waals surface area (Å²) >= 11 is 3.16. The number of nitrogens with zero attached hydrogens (tertiary/aromatic N) is 1. The van der Waals surface area contributed by atoms with E-state index in [9.17, 15) is 9.65 Å². The lowest BCUT2D eigenvalue weighted by molar-refractivity contribution is 0.394. The van der Waals surface area contributed by atoms with Gasteiger partial charge in [-0.05, 0) is 39.7 Å². The molecule has 2 aromatic rings. The van der Waals surface area contributed by atoms with Crippen LogP contribution in [0.3, 0.4) is 0 Å². The Bertz CT molecular complexity index is 842. The second-order valence-corrected chi connectivity index (χ2v) is 5.75. The van der Waals surface area contributed by atoms with Crippen LogP contribution in [0.2, 0.25) is 0 Å². The van der Waals surface area contributed by atoms with Crippen LogP contribution in [0, 0.1) is 17.1 Å². The SMILES string of the molecule is N#CC1=C(N)Oc2cc(N)ccc2C1c1ccc(F)c(Br)c1. The van der Waals surface area contributed by atoms with Gasteiger partial charge in [0.25, 0.3) is 0 Å². The van der Waals surface area contributed by atoms with Gasteiger partial charge in [0, 0.05) is 17.3 Å². The van der Waals surface area contributed by atoms with E-state index in [4.69, 9.17) is 16.2 Å². The lowest BCUT2D eigenvalue weighted by atomic mass is 9.83. The first kappa shape index (κ1) is 14.4. The molecule has 0 radical (unpaired) electrons. The number of allylic oxidation sites excluding steroid dienone is 1. The van der Waals surface area contributed by atoms with E-state index in [-0.39, 0.29) is 17.3 Å². The van der Waals surface area contributed by atoms with Crippen molar-refractivity contribution < 1.29 is 9.13 Å². The van der Waals surface area contributed by atoms with Gasteiger partial charge < -0.3 is 16.2 Å². The normalized spacial score (nSPS) is 16.7. The molecule has 0 aromatic heterocycles. The molecule has 22 heavy (non-hydrogen) atoms.